The zero-order valence-electron chi connectivity index (χ0n) is 33.3. The number of ketones is 1. The number of alkyl halides is 6. The molecule has 1 saturated heterocycles. The van der Waals surface area contributed by atoms with Gasteiger partial charge in [-0.25, -0.2) is 4.99 Å². The molecule has 3 fully saturated rings. The molecule has 4 aromatic rings. The summed E-state index contributed by atoms with van der Waals surface area (Å²) in [7, 11) is 1.50. The van der Waals surface area contributed by atoms with Crippen molar-refractivity contribution < 1.29 is 59.0 Å². The molecular formula is C43H48F6N4O7. The molecule has 0 atom stereocenters. The quantitative estimate of drug-likeness (QED) is 0.190. The van der Waals surface area contributed by atoms with Crippen molar-refractivity contribution in [2.75, 3.05) is 69.4 Å². The second-order valence-electron chi connectivity index (χ2n) is 16.2. The molecule has 5 aliphatic rings. The van der Waals surface area contributed by atoms with E-state index in [0.29, 0.717) is 122 Å². The predicted molar refractivity (Wildman–Crippen MR) is 210 cm³/mol. The van der Waals surface area contributed by atoms with Crippen molar-refractivity contribution in [1.82, 2.24) is 5.32 Å². The molecule has 0 bridgehead atoms. The molecule has 0 radical (unpaired) electrons. The number of anilines is 2. The van der Waals surface area contributed by atoms with E-state index in [1.807, 2.05) is 4.90 Å². The Balaban J connectivity index is 0.000000168. The van der Waals surface area contributed by atoms with E-state index in [1.54, 1.807) is 0 Å². The van der Waals surface area contributed by atoms with Crippen LogP contribution in [-0.4, -0.2) is 83.0 Å². The number of ether oxygens (including phenoxy) is 3. The summed E-state index contributed by atoms with van der Waals surface area (Å²) in [4.78, 5) is 32.3. The third-order valence-electron chi connectivity index (χ3n) is 12.5. The number of amides is 1. The normalized spacial score (nSPS) is 20.4. The van der Waals surface area contributed by atoms with E-state index in [0.717, 1.165) is 69.6 Å². The molecule has 17 heteroatoms. The summed E-state index contributed by atoms with van der Waals surface area (Å²) in [5, 5.41) is 3.49. The summed E-state index contributed by atoms with van der Waals surface area (Å²) in [5.74, 6) is 1.21. The standard InChI is InChI=1S/C23H27F3N2O4.C20H21F3N2O3/c1-29-21-20-19(17-14-16(23(24,25)26)2-3-18(17)32-20)28(11-9-27-21)10-6-15-4-7-22(8-5-15)30-12-13-31-22;21-20(22,23)13-3-6-16-15(11-13)17-18(28-16)19(27)24-8-10-25(17)9-7-12-1-4-14(26)5-2-12/h2-3,14-15H,4-13H2,1H3;3,6,11-12H,1-2,4-5,7-10H2,(H,24,27). The number of furan rings is 2. The number of nitrogens with zero attached hydrogens (tertiary/aromatic N) is 3. The molecule has 1 amide bonds. The number of methoxy groups -OCH3 is 1. The lowest BCUT2D eigenvalue weighted by Crippen LogP contribution is -2.36. The Kier molecular flexibility index (Phi) is 11.8. The first-order valence-corrected chi connectivity index (χ1v) is 20.7. The van der Waals surface area contributed by atoms with Gasteiger partial charge in [-0.1, -0.05) is 0 Å². The average molecular weight is 847 g/mol. The fourth-order valence-corrected chi connectivity index (χ4v) is 9.16. The zero-order valence-corrected chi connectivity index (χ0v) is 33.3. The van der Waals surface area contributed by atoms with Crippen LogP contribution in [0.5, 0.6) is 0 Å². The van der Waals surface area contributed by atoms with Crippen LogP contribution in [0.4, 0.5) is 37.7 Å². The third kappa shape index (κ3) is 8.83. The van der Waals surface area contributed by atoms with Gasteiger partial charge in [0, 0.05) is 69.2 Å². The van der Waals surface area contributed by atoms with Gasteiger partial charge in [-0.3, -0.25) is 9.59 Å². The fraction of sp³-hybridized carbons (Fsp3) is 0.558. The predicted octanol–water partition coefficient (Wildman–Crippen LogP) is 9.14. The molecule has 5 heterocycles. The number of hydrogen-bond acceptors (Lipinski definition) is 10. The van der Waals surface area contributed by atoms with E-state index < -0.39 is 29.4 Å². The Morgan fingerprint density at radius 3 is 1.87 bits per heavy atom. The van der Waals surface area contributed by atoms with Crippen molar-refractivity contribution in [3.8, 4) is 0 Å². The van der Waals surface area contributed by atoms with E-state index in [9.17, 15) is 35.9 Å². The summed E-state index contributed by atoms with van der Waals surface area (Å²) < 4.78 is 108. The topological polar surface area (TPSA) is 119 Å². The van der Waals surface area contributed by atoms with Crippen LogP contribution in [0.2, 0.25) is 0 Å². The molecular weight excluding hydrogens is 798 g/mol. The first-order chi connectivity index (χ1) is 28.7. The number of carbonyl (C=O) groups excluding carboxylic acids is 2. The van der Waals surface area contributed by atoms with Gasteiger partial charge >= 0.3 is 12.4 Å². The molecule has 9 rings (SSSR count). The van der Waals surface area contributed by atoms with Crippen LogP contribution in [0.15, 0.2) is 50.2 Å². The molecule has 11 nitrogen and oxygen atoms in total. The van der Waals surface area contributed by atoms with Crippen molar-refractivity contribution in [2.45, 2.75) is 82.3 Å². The number of rotatable bonds is 6. The molecule has 324 valence electrons. The van der Waals surface area contributed by atoms with Crippen molar-refractivity contribution >= 4 is 50.9 Å². The maximum absolute atomic E-state index is 13.4. The van der Waals surface area contributed by atoms with Crippen LogP contribution in [-0.2, 0) is 31.4 Å². The zero-order chi connectivity index (χ0) is 42.2. The van der Waals surface area contributed by atoms with E-state index >= 15 is 0 Å². The Hall–Kier alpha value is -4.77. The van der Waals surface area contributed by atoms with Crippen LogP contribution < -0.4 is 15.1 Å². The van der Waals surface area contributed by atoms with Crippen LogP contribution in [0.25, 0.3) is 21.9 Å². The van der Waals surface area contributed by atoms with Crippen LogP contribution in [0, 0.1) is 11.8 Å². The lowest BCUT2D eigenvalue weighted by Gasteiger charge is -2.36. The molecule has 2 aliphatic carbocycles. The Bertz CT molecular complexity index is 2220. The summed E-state index contributed by atoms with van der Waals surface area (Å²) in [6.07, 6.45) is -0.417. The van der Waals surface area contributed by atoms with Crippen LogP contribution >= 0.6 is 0 Å². The Morgan fingerprint density at radius 2 is 1.30 bits per heavy atom. The first kappa shape index (κ1) is 41.9. The third-order valence-corrected chi connectivity index (χ3v) is 12.5. The van der Waals surface area contributed by atoms with Gasteiger partial charge in [0.15, 0.2) is 5.79 Å². The van der Waals surface area contributed by atoms with Crippen molar-refractivity contribution in [2.24, 2.45) is 16.8 Å². The maximum Gasteiger partial charge on any atom is 0.416 e. The molecule has 3 aliphatic heterocycles. The highest BCUT2D eigenvalue weighted by Crippen LogP contribution is 2.43. The van der Waals surface area contributed by atoms with Crippen LogP contribution in [0.3, 0.4) is 0 Å². The number of carbonyl (C=O) groups is 2. The van der Waals surface area contributed by atoms with E-state index in [2.05, 4.69) is 15.2 Å². The highest BCUT2D eigenvalue weighted by Gasteiger charge is 2.41. The molecule has 1 N–H and O–H groups in total. The molecule has 2 aromatic carbocycles. The second-order valence-corrected chi connectivity index (χ2v) is 16.2. The fourth-order valence-electron chi connectivity index (χ4n) is 9.16. The van der Waals surface area contributed by atoms with Gasteiger partial charge in [-0.15, -0.1) is 0 Å². The van der Waals surface area contributed by atoms with E-state index in [1.165, 1.54) is 25.3 Å². The van der Waals surface area contributed by atoms with Crippen LogP contribution in [0.1, 0.15) is 91.7 Å². The number of fused-ring (bicyclic) bond motifs is 6. The molecule has 60 heavy (non-hydrogen) atoms. The summed E-state index contributed by atoms with van der Waals surface area (Å²) >= 11 is 0. The van der Waals surface area contributed by atoms with Gasteiger partial charge in [-0.05, 0) is 86.8 Å². The molecule has 2 saturated carbocycles. The Labute approximate surface area is 342 Å². The largest absolute Gasteiger partial charge is 0.479 e. The van der Waals surface area contributed by atoms with E-state index in [-0.39, 0.29) is 17.1 Å². The number of nitrogens with one attached hydrogen (secondary N) is 1. The number of halogens is 6. The molecule has 0 unspecified atom stereocenters. The summed E-state index contributed by atoms with van der Waals surface area (Å²) in [6, 6.07) is 6.88. The number of aliphatic imine (C=N–C) groups is 1. The average Bonchev–Trinajstić information content (AvgIpc) is 3.89. The lowest BCUT2D eigenvalue weighted by atomic mass is 9.83. The van der Waals surface area contributed by atoms with Gasteiger partial charge in [0.05, 0.1) is 49.4 Å². The van der Waals surface area contributed by atoms with Crippen molar-refractivity contribution in [3.05, 3.63) is 59.0 Å². The van der Waals surface area contributed by atoms with E-state index in [4.69, 9.17) is 23.0 Å². The minimum atomic E-state index is -4.47. The van der Waals surface area contributed by atoms with Crippen molar-refractivity contribution in [1.29, 1.82) is 0 Å². The highest BCUT2D eigenvalue weighted by atomic mass is 19.4. The smallest absolute Gasteiger partial charge is 0.416 e. The minimum Gasteiger partial charge on any atom is -0.479 e. The maximum atomic E-state index is 13.4. The number of Topliss-reactive ketones (excluding diaryl/α,β-unsaturated/α-hetero) is 1. The summed E-state index contributed by atoms with van der Waals surface area (Å²) in [5.41, 5.74) is 0.280. The summed E-state index contributed by atoms with van der Waals surface area (Å²) in [6.45, 7) is 4.61. The SMILES string of the molecule is COC1=NCCN(CCC2CCC3(CC2)OCCO3)c2c1oc1ccc(C(F)(F)F)cc21.O=C1CCC(CCN2CCNC(=O)c3oc4ccc(C(F)(F)F)cc4c32)CC1. The lowest BCUT2D eigenvalue weighted by molar-refractivity contribution is -0.182. The monoisotopic (exact) mass is 846 g/mol. The minimum absolute atomic E-state index is 0.0608. The first-order valence-electron chi connectivity index (χ1n) is 20.7. The Morgan fingerprint density at radius 1 is 0.767 bits per heavy atom. The second kappa shape index (κ2) is 16.9. The van der Waals surface area contributed by atoms with Crippen molar-refractivity contribution in [3.63, 3.8) is 0 Å². The number of hydrogen-bond donors (Lipinski definition) is 1. The molecule has 1 spiro atoms. The number of benzene rings is 2. The van der Waals surface area contributed by atoms with Gasteiger partial charge in [0.2, 0.25) is 11.5 Å². The van der Waals surface area contributed by atoms with Gasteiger partial charge in [0.25, 0.3) is 11.8 Å². The molecule has 2 aromatic heterocycles. The van der Waals surface area contributed by atoms with Gasteiger partial charge in [0.1, 0.15) is 16.9 Å². The van der Waals surface area contributed by atoms with Gasteiger partial charge < -0.3 is 38.2 Å². The van der Waals surface area contributed by atoms with Gasteiger partial charge in [-0.2, -0.15) is 26.3 Å². The highest BCUT2D eigenvalue weighted by molar-refractivity contribution is 6.08.